The molecule has 0 bridgehead atoms. The van der Waals surface area contributed by atoms with Crippen LogP contribution in [0.3, 0.4) is 0 Å². The van der Waals surface area contributed by atoms with Gasteiger partial charge in [-0.3, -0.25) is 4.79 Å². The van der Waals surface area contributed by atoms with Crippen molar-refractivity contribution in [2.45, 2.75) is 32.0 Å². The van der Waals surface area contributed by atoms with Crippen molar-refractivity contribution in [1.82, 2.24) is 10.2 Å². The molecule has 3 aromatic rings. The Morgan fingerprint density at radius 3 is 2.42 bits per heavy atom. The van der Waals surface area contributed by atoms with E-state index in [2.05, 4.69) is 24.2 Å². The zero-order chi connectivity index (χ0) is 23.6. The number of rotatable bonds is 5. The standard InChI is InChI=1S/C26H27F3N2O2/c1-17(18-12-14-31(2)15-13-18)30-25(32)20-6-11-23-19(16-20)4-3-5-24(23)33-22-9-7-21(8-10-22)26(27,28)29/h3-11,16-18H,12-15H2,1-2H3,(H,30,32). The smallest absolute Gasteiger partial charge is 0.416 e. The van der Waals surface area contributed by atoms with E-state index in [9.17, 15) is 18.0 Å². The first-order chi connectivity index (χ1) is 15.7. The first kappa shape index (κ1) is 23.1. The van der Waals surface area contributed by atoms with Crippen LogP contribution < -0.4 is 10.1 Å². The fraction of sp³-hybridized carbons (Fsp3) is 0.346. The summed E-state index contributed by atoms with van der Waals surface area (Å²) in [6.45, 7) is 4.15. The number of hydrogen-bond acceptors (Lipinski definition) is 3. The molecule has 0 aromatic heterocycles. The van der Waals surface area contributed by atoms with Crippen molar-refractivity contribution in [2.24, 2.45) is 5.92 Å². The van der Waals surface area contributed by atoms with Crippen LogP contribution in [0, 0.1) is 5.92 Å². The summed E-state index contributed by atoms with van der Waals surface area (Å²) in [5.74, 6) is 1.18. The van der Waals surface area contributed by atoms with Crippen LogP contribution in [0.1, 0.15) is 35.7 Å². The van der Waals surface area contributed by atoms with E-state index < -0.39 is 11.7 Å². The van der Waals surface area contributed by atoms with E-state index in [0.717, 1.165) is 48.8 Å². The molecule has 0 radical (unpaired) electrons. The topological polar surface area (TPSA) is 41.6 Å². The summed E-state index contributed by atoms with van der Waals surface area (Å²) < 4.78 is 44.2. The third kappa shape index (κ3) is 5.47. The van der Waals surface area contributed by atoms with Crippen LogP contribution in [0.4, 0.5) is 13.2 Å². The summed E-state index contributed by atoms with van der Waals surface area (Å²) >= 11 is 0. The molecule has 4 rings (SSSR count). The second kappa shape index (κ2) is 9.43. The number of hydrogen-bond donors (Lipinski definition) is 1. The average Bonchev–Trinajstić information content (AvgIpc) is 2.79. The first-order valence-corrected chi connectivity index (χ1v) is 11.1. The van der Waals surface area contributed by atoms with E-state index in [4.69, 9.17) is 4.74 Å². The lowest BCUT2D eigenvalue weighted by atomic mass is 9.90. The summed E-state index contributed by atoms with van der Waals surface area (Å²) in [7, 11) is 2.12. The molecular formula is C26H27F3N2O2. The number of ether oxygens (including phenoxy) is 1. The van der Waals surface area contributed by atoms with Crippen molar-refractivity contribution in [3.63, 3.8) is 0 Å². The number of fused-ring (bicyclic) bond motifs is 1. The fourth-order valence-electron chi connectivity index (χ4n) is 4.26. The molecule has 0 saturated carbocycles. The Hall–Kier alpha value is -3.06. The molecule has 7 heteroatoms. The zero-order valence-electron chi connectivity index (χ0n) is 18.7. The number of piperidine rings is 1. The molecule has 3 aromatic carbocycles. The number of carbonyl (C=O) groups is 1. The largest absolute Gasteiger partial charge is 0.457 e. The first-order valence-electron chi connectivity index (χ1n) is 11.1. The van der Waals surface area contributed by atoms with Gasteiger partial charge in [0.2, 0.25) is 0 Å². The quantitative estimate of drug-likeness (QED) is 0.504. The average molecular weight is 457 g/mol. The number of alkyl halides is 3. The van der Waals surface area contributed by atoms with Crippen LogP contribution in [0.5, 0.6) is 11.5 Å². The molecule has 1 aliphatic rings. The van der Waals surface area contributed by atoms with Gasteiger partial charge in [-0.2, -0.15) is 13.2 Å². The van der Waals surface area contributed by atoms with E-state index in [1.807, 2.05) is 18.2 Å². The van der Waals surface area contributed by atoms with E-state index in [1.54, 1.807) is 18.2 Å². The van der Waals surface area contributed by atoms with Gasteiger partial charge in [-0.25, -0.2) is 0 Å². The Morgan fingerprint density at radius 1 is 1.06 bits per heavy atom. The molecule has 1 heterocycles. The van der Waals surface area contributed by atoms with Gasteiger partial charge in [-0.05, 0) is 99.7 Å². The van der Waals surface area contributed by atoms with Gasteiger partial charge in [0.15, 0.2) is 0 Å². The Morgan fingerprint density at radius 2 is 1.76 bits per heavy atom. The molecule has 0 spiro atoms. The molecule has 4 nitrogen and oxygen atoms in total. The Balaban J connectivity index is 1.48. The van der Waals surface area contributed by atoms with Gasteiger partial charge in [0.25, 0.3) is 5.91 Å². The number of benzene rings is 3. The van der Waals surface area contributed by atoms with Crippen LogP contribution >= 0.6 is 0 Å². The predicted molar refractivity (Wildman–Crippen MR) is 123 cm³/mol. The maximum atomic E-state index is 12.8. The minimum atomic E-state index is -4.39. The van der Waals surface area contributed by atoms with Crippen LogP contribution in [0.15, 0.2) is 60.7 Å². The van der Waals surface area contributed by atoms with E-state index in [0.29, 0.717) is 23.0 Å². The number of likely N-dealkylation sites (tertiary alicyclic amines) is 1. The minimum Gasteiger partial charge on any atom is -0.457 e. The number of nitrogens with zero attached hydrogens (tertiary/aromatic N) is 1. The normalized spacial score (nSPS) is 16.5. The van der Waals surface area contributed by atoms with Crippen LogP contribution in [-0.2, 0) is 6.18 Å². The fourth-order valence-corrected chi connectivity index (χ4v) is 4.26. The predicted octanol–water partition coefficient (Wildman–Crippen LogP) is 6.11. The molecule has 1 saturated heterocycles. The van der Waals surface area contributed by atoms with E-state index in [1.165, 1.54) is 12.1 Å². The minimum absolute atomic E-state index is 0.0937. The maximum absolute atomic E-state index is 12.8. The van der Waals surface area contributed by atoms with Crippen molar-refractivity contribution in [3.8, 4) is 11.5 Å². The molecule has 1 amide bonds. The molecule has 1 atom stereocenters. The van der Waals surface area contributed by atoms with Crippen molar-refractivity contribution in [2.75, 3.05) is 20.1 Å². The van der Waals surface area contributed by atoms with Gasteiger partial charge >= 0.3 is 6.18 Å². The lowest BCUT2D eigenvalue weighted by molar-refractivity contribution is -0.137. The van der Waals surface area contributed by atoms with Crippen molar-refractivity contribution in [1.29, 1.82) is 0 Å². The highest BCUT2D eigenvalue weighted by atomic mass is 19.4. The molecule has 1 unspecified atom stereocenters. The summed E-state index contributed by atoms with van der Waals surface area (Å²) in [5.41, 5.74) is -0.160. The Labute approximate surface area is 191 Å². The highest BCUT2D eigenvalue weighted by Gasteiger charge is 2.30. The molecule has 1 aliphatic heterocycles. The van der Waals surface area contributed by atoms with Crippen molar-refractivity contribution >= 4 is 16.7 Å². The molecule has 33 heavy (non-hydrogen) atoms. The summed E-state index contributed by atoms with van der Waals surface area (Å²) in [6, 6.07) is 15.5. The maximum Gasteiger partial charge on any atom is 0.416 e. The summed E-state index contributed by atoms with van der Waals surface area (Å²) in [6.07, 6.45) is -2.25. The lowest BCUT2D eigenvalue weighted by Crippen LogP contribution is -2.43. The number of nitrogens with one attached hydrogen (secondary N) is 1. The van der Waals surface area contributed by atoms with Crippen LogP contribution in [-0.4, -0.2) is 37.0 Å². The number of carbonyl (C=O) groups excluding carboxylic acids is 1. The Bertz CT molecular complexity index is 1120. The number of halogens is 3. The van der Waals surface area contributed by atoms with Gasteiger partial charge in [0, 0.05) is 17.0 Å². The van der Waals surface area contributed by atoms with Gasteiger partial charge in [-0.1, -0.05) is 12.1 Å². The van der Waals surface area contributed by atoms with Crippen molar-refractivity contribution < 1.29 is 22.7 Å². The molecule has 174 valence electrons. The highest BCUT2D eigenvalue weighted by Crippen LogP contribution is 2.34. The zero-order valence-corrected chi connectivity index (χ0v) is 18.7. The summed E-state index contributed by atoms with van der Waals surface area (Å²) in [5, 5.41) is 4.73. The number of amides is 1. The second-order valence-electron chi connectivity index (χ2n) is 8.72. The summed E-state index contributed by atoms with van der Waals surface area (Å²) in [4.78, 5) is 15.2. The molecular weight excluding hydrogens is 429 g/mol. The van der Waals surface area contributed by atoms with Gasteiger partial charge in [-0.15, -0.1) is 0 Å². The second-order valence-corrected chi connectivity index (χ2v) is 8.72. The molecule has 1 fully saturated rings. The van der Waals surface area contributed by atoms with Gasteiger partial charge in [0.05, 0.1) is 5.56 Å². The van der Waals surface area contributed by atoms with Crippen molar-refractivity contribution in [3.05, 3.63) is 71.8 Å². The van der Waals surface area contributed by atoms with Gasteiger partial charge in [0.1, 0.15) is 11.5 Å². The highest BCUT2D eigenvalue weighted by molar-refractivity contribution is 6.00. The third-order valence-corrected chi connectivity index (χ3v) is 6.34. The lowest BCUT2D eigenvalue weighted by Gasteiger charge is -2.33. The van der Waals surface area contributed by atoms with Crippen LogP contribution in [0.2, 0.25) is 0 Å². The SMILES string of the molecule is CC(NC(=O)c1ccc2c(Oc3ccc(C(F)(F)F)cc3)cccc2c1)C1CCN(C)CC1. The molecule has 0 aliphatic carbocycles. The molecule has 1 N–H and O–H groups in total. The van der Waals surface area contributed by atoms with Gasteiger partial charge < -0.3 is 15.0 Å². The van der Waals surface area contributed by atoms with E-state index in [-0.39, 0.29) is 11.9 Å². The Kier molecular flexibility index (Phi) is 6.61. The third-order valence-electron chi connectivity index (χ3n) is 6.34. The van der Waals surface area contributed by atoms with E-state index >= 15 is 0 Å². The monoisotopic (exact) mass is 456 g/mol. The van der Waals surface area contributed by atoms with Crippen LogP contribution in [0.25, 0.3) is 10.8 Å².